The van der Waals surface area contributed by atoms with E-state index in [9.17, 15) is 19.2 Å². The molecule has 2 heterocycles. The summed E-state index contributed by atoms with van der Waals surface area (Å²) in [6.07, 6.45) is -2.50. The Kier molecular flexibility index (Phi) is 11.9. The minimum Gasteiger partial charge on any atom is -0.457 e. The normalized spacial score (nSPS) is 18.5. The summed E-state index contributed by atoms with van der Waals surface area (Å²) in [6, 6.07) is 28.3. The Hall–Kier alpha value is -6.24. The van der Waals surface area contributed by atoms with Gasteiger partial charge in [0.05, 0.1) is 24.3 Å². The third kappa shape index (κ3) is 9.21. The summed E-state index contributed by atoms with van der Waals surface area (Å²) in [4.78, 5) is 49.1. The Balaban J connectivity index is 0.958. The lowest BCUT2D eigenvalue weighted by Gasteiger charge is -2.17. The summed E-state index contributed by atoms with van der Waals surface area (Å²) < 4.78 is 44.1. The topological polar surface area (TPSA) is 142 Å². The number of carbonyl (C=O) groups excluding carboxylic acids is 4. The molecule has 0 saturated carbocycles. The molecule has 4 aromatic rings. The van der Waals surface area contributed by atoms with Crippen LogP contribution in [0.3, 0.4) is 0 Å². The second-order valence-electron chi connectivity index (χ2n) is 12.6. The van der Waals surface area contributed by atoms with Crippen molar-refractivity contribution in [1.82, 2.24) is 0 Å². The van der Waals surface area contributed by atoms with E-state index in [4.69, 9.17) is 37.9 Å². The molecule has 0 bridgehead atoms. The van der Waals surface area contributed by atoms with Crippen LogP contribution in [-0.4, -0.2) is 75.1 Å². The summed E-state index contributed by atoms with van der Waals surface area (Å²) in [6.45, 7) is 9.92. The summed E-state index contributed by atoms with van der Waals surface area (Å²) in [5.74, 6) is -1.05. The van der Waals surface area contributed by atoms with Crippen LogP contribution < -0.4 is 9.47 Å². The number of benzene rings is 4. The van der Waals surface area contributed by atoms with E-state index in [1.807, 2.05) is 48.5 Å². The maximum Gasteiger partial charge on any atom is 0.338 e. The minimum absolute atomic E-state index is 0.103. The number of ether oxygens (including phenoxy) is 8. The number of hydrogen-bond donors (Lipinski definition) is 0. The fraction of sp³-hybridized carbons (Fsp3) is 0.238. The van der Waals surface area contributed by atoms with Crippen LogP contribution in [0.2, 0.25) is 0 Å². The molecule has 4 atom stereocenters. The average Bonchev–Trinajstić information content (AvgIpc) is 3.78. The van der Waals surface area contributed by atoms with E-state index in [-0.39, 0.29) is 37.9 Å². The van der Waals surface area contributed by atoms with Gasteiger partial charge in [0.15, 0.2) is 12.2 Å². The zero-order valence-corrected chi connectivity index (χ0v) is 29.7. The predicted octanol–water partition coefficient (Wildman–Crippen LogP) is 6.48. The first kappa shape index (κ1) is 37.5. The van der Waals surface area contributed by atoms with E-state index in [0.717, 1.165) is 22.3 Å². The first-order valence-corrected chi connectivity index (χ1v) is 17.0. The van der Waals surface area contributed by atoms with Crippen molar-refractivity contribution in [1.29, 1.82) is 0 Å². The Bertz CT molecular complexity index is 1850. The van der Waals surface area contributed by atoms with Crippen molar-refractivity contribution in [2.24, 2.45) is 0 Å². The highest BCUT2D eigenvalue weighted by Gasteiger charge is 2.51. The van der Waals surface area contributed by atoms with E-state index in [0.29, 0.717) is 22.6 Å². The molecule has 0 radical (unpaired) electrons. The quantitative estimate of drug-likeness (QED) is 0.0606. The molecule has 0 unspecified atom stereocenters. The van der Waals surface area contributed by atoms with Gasteiger partial charge in [-0.25, -0.2) is 19.2 Å². The summed E-state index contributed by atoms with van der Waals surface area (Å²) in [5, 5.41) is 0. The van der Waals surface area contributed by atoms with E-state index in [1.165, 1.54) is 0 Å². The smallest absolute Gasteiger partial charge is 0.338 e. The predicted molar refractivity (Wildman–Crippen MR) is 194 cm³/mol. The van der Waals surface area contributed by atoms with Crippen LogP contribution in [0.25, 0.3) is 22.3 Å². The summed E-state index contributed by atoms with van der Waals surface area (Å²) >= 11 is 0. The Labute approximate surface area is 311 Å². The molecule has 2 saturated heterocycles. The average molecular weight is 735 g/mol. The Morgan fingerprint density at radius 2 is 0.852 bits per heavy atom. The van der Waals surface area contributed by atoms with Gasteiger partial charge in [-0.05, 0) is 84.6 Å². The second kappa shape index (κ2) is 17.1. The molecule has 12 heteroatoms. The van der Waals surface area contributed by atoms with Gasteiger partial charge in [0, 0.05) is 11.1 Å². The van der Waals surface area contributed by atoms with Crippen LogP contribution in [0.4, 0.5) is 0 Å². The fourth-order valence-corrected chi connectivity index (χ4v) is 5.68. The van der Waals surface area contributed by atoms with Gasteiger partial charge in [-0.3, -0.25) is 0 Å². The largest absolute Gasteiger partial charge is 0.457 e. The van der Waals surface area contributed by atoms with Crippen LogP contribution in [0.5, 0.6) is 11.5 Å². The van der Waals surface area contributed by atoms with Crippen molar-refractivity contribution < 1.29 is 57.1 Å². The van der Waals surface area contributed by atoms with Crippen LogP contribution >= 0.6 is 0 Å². The molecule has 2 aliphatic rings. The zero-order valence-electron chi connectivity index (χ0n) is 29.7. The molecule has 278 valence electrons. The lowest BCUT2D eigenvalue weighted by Crippen LogP contribution is -2.36. The summed E-state index contributed by atoms with van der Waals surface area (Å²) in [7, 11) is 0. The molecule has 0 amide bonds. The number of carbonyl (C=O) groups is 4. The van der Waals surface area contributed by atoms with Gasteiger partial charge < -0.3 is 37.9 Å². The van der Waals surface area contributed by atoms with Crippen molar-refractivity contribution in [3.8, 4) is 33.8 Å². The number of rotatable bonds is 14. The van der Waals surface area contributed by atoms with E-state index in [1.54, 1.807) is 62.4 Å². The molecular weight excluding hydrogens is 696 g/mol. The molecule has 0 N–H and O–H groups in total. The van der Waals surface area contributed by atoms with Gasteiger partial charge in [-0.1, -0.05) is 61.7 Å². The van der Waals surface area contributed by atoms with Crippen LogP contribution in [-0.2, 0) is 38.0 Å². The van der Waals surface area contributed by atoms with Crippen LogP contribution in [0, 0.1) is 0 Å². The second-order valence-corrected chi connectivity index (χ2v) is 12.6. The molecule has 12 nitrogen and oxygen atoms in total. The molecule has 2 aliphatic heterocycles. The molecule has 0 spiro atoms. The minimum atomic E-state index is -0.671. The Morgan fingerprint density at radius 3 is 1.17 bits per heavy atom. The van der Waals surface area contributed by atoms with Crippen molar-refractivity contribution in [2.75, 3.05) is 26.8 Å². The highest BCUT2D eigenvalue weighted by atomic mass is 16.7. The molecule has 4 aromatic carbocycles. The molecule has 6 rings (SSSR count). The van der Waals surface area contributed by atoms with Gasteiger partial charge in [0.2, 0.25) is 13.6 Å². The number of fused-ring (bicyclic) bond motifs is 1. The standard InChI is InChI=1S/C42H38O12/c1-25(2)39(43)51-23-49-33-17-13-29(14-18-33)27-5-9-31(10-6-27)41(45)53-35-21-47-38-36(22-48-37(35)38)54-42(46)32-11-7-28(8-12-32)30-15-19-34(20-16-30)50-24-52-40(44)26(3)4/h5-20,35-38H,1,3,21-24H2,2,4H3/t35-,36+,37-,38-/m1/s1. The number of esters is 4. The molecule has 0 aromatic heterocycles. The third-order valence-corrected chi connectivity index (χ3v) is 8.62. The first-order chi connectivity index (χ1) is 26.0. The highest BCUT2D eigenvalue weighted by molar-refractivity contribution is 5.91. The molecular formula is C42H38O12. The monoisotopic (exact) mass is 734 g/mol. The van der Waals surface area contributed by atoms with E-state index >= 15 is 0 Å². The van der Waals surface area contributed by atoms with Gasteiger partial charge in [0.1, 0.15) is 23.7 Å². The van der Waals surface area contributed by atoms with Gasteiger partial charge in [0.25, 0.3) is 0 Å². The van der Waals surface area contributed by atoms with Crippen molar-refractivity contribution in [2.45, 2.75) is 38.3 Å². The van der Waals surface area contributed by atoms with Gasteiger partial charge >= 0.3 is 23.9 Å². The molecule has 2 fully saturated rings. The van der Waals surface area contributed by atoms with E-state index < -0.39 is 48.3 Å². The van der Waals surface area contributed by atoms with Gasteiger partial charge in [-0.15, -0.1) is 0 Å². The van der Waals surface area contributed by atoms with E-state index in [2.05, 4.69) is 13.2 Å². The van der Waals surface area contributed by atoms with Crippen LogP contribution in [0.15, 0.2) is 121 Å². The lowest BCUT2D eigenvalue weighted by atomic mass is 10.0. The fourth-order valence-electron chi connectivity index (χ4n) is 5.68. The van der Waals surface area contributed by atoms with Crippen molar-refractivity contribution in [3.63, 3.8) is 0 Å². The van der Waals surface area contributed by atoms with Crippen molar-refractivity contribution >= 4 is 23.9 Å². The zero-order chi connectivity index (χ0) is 38.2. The number of hydrogen-bond acceptors (Lipinski definition) is 12. The summed E-state index contributed by atoms with van der Waals surface area (Å²) in [5.41, 5.74) is 4.82. The first-order valence-electron chi connectivity index (χ1n) is 17.0. The lowest BCUT2D eigenvalue weighted by molar-refractivity contribution is -0.146. The third-order valence-electron chi connectivity index (χ3n) is 8.62. The SMILES string of the molecule is C=C(C)C(=O)OCOc1ccc(-c2ccc(C(=O)O[C@H]3CO[C@H]4[C@@H]3OC[C@H]4OC(=O)c3ccc(-c4ccc(OCOC(=O)C(=C)C)cc4)cc3)cc2)cc1. The Morgan fingerprint density at radius 1 is 0.537 bits per heavy atom. The van der Waals surface area contributed by atoms with Gasteiger partial charge in [-0.2, -0.15) is 0 Å². The maximum absolute atomic E-state index is 13.0. The van der Waals surface area contributed by atoms with Crippen LogP contribution in [0.1, 0.15) is 34.6 Å². The highest BCUT2D eigenvalue weighted by Crippen LogP contribution is 2.32. The maximum atomic E-state index is 13.0. The molecule has 54 heavy (non-hydrogen) atoms. The molecule has 0 aliphatic carbocycles. The van der Waals surface area contributed by atoms with Crippen molar-refractivity contribution in [3.05, 3.63) is 132 Å².